The van der Waals surface area contributed by atoms with Crippen molar-refractivity contribution in [3.63, 3.8) is 0 Å². The first-order valence-electron chi connectivity index (χ1n) is 4.95. The van der Waals surface area contributed by atoms with Crippen LogP contribution in [0.25, 0.3) is 0 Å². The van der Waals surface area contributed by atoms with Gasteiger partial charge in [-0.1, -0.05) is 6.92 Å². The standard InChI is InChI=1S/C9H19N3O.ClH/c1-3-4-10-9(13)12-7-5-11(2)6-8-12;/h3-8H2,1-2H3,(H,10,13);1H. The third kappa shape index (κ3) is 4.15. The van der Waals surface area contributed by atoms with Gasteiger partial charge in [0.15, 0.2) is 0 Å². The molecule has 0 atom stereocenters. The minimum atomic E-state index is 0. The van der Waals surface area contributed by atoms with Gasteiger partial charge in [0, 0.05) is 32.7 Å². The molecule has 0 bridgehead atoms. The van der Waals surface area contributed by atoms with Crippen molar-refractivity contribution >= 4 is 18.4 Å². The summed E-state index contributed by atoms with van der Waals surface area (Å²) in [6.07, 6.45) is 0.999. The number of halogens is 1. The number of amides is 2. The molecule has 1 aliphatic rings. The maximum Gasteiger partial charge on any atom is 0.317 e. The van der Waals surface area contributed by atoms with E-state index in [1.54, 1.807) is 0 Å². The molecule has 4 nitrogen and oxygen atoms in total. The Morgan fingerprint density at radius 2 is 1.86 bits per heavy atom. The van der Waals surface area contributed by atoms with Gasteiger partial charge in [-0.05, 0) is 13.5 Å². The third-order valence-corrected chi connectivity index (χ3v) is 2.32. The average molecular weight is 222 g/mol. The molecule has 1 aliphatic heterocycles. The highest BCUT2D eigenvalue weighted by Gasteiger charge is 2.17. The van der Waals surface area contributed by atoms with E-state index in [-0.39, 0.29) is 18.4 Å². The highest BCUT2D eigenvalue weighted by molar-refractivity contribution is 5.85. The minimum Gasteiger partial charge on any atom is -0.338 e. The van der Waals surface area contributed by atoms with Gasteiger partial charge in [0.05, 0.1) is 0 Å². The molecule has 84 valence electrons. The monoisotopic (exact) mass is 221 g/mol. The Morgan fingerprint density at radius 1 is 1.29 bits per heavy atom. The van der Waals surface area contributed by atoms with Gasteiger partial charge in [-0.2, -0.15) is 0 Å². The van der Waals surface area contributed by atoms with Crippen LogP contribution in [-0.2, 0) is 0 Å². The molecule has 0 spiro atoms. The summed E-state index contributed by atoms with van der Waals surface area (Å²) in [6, 6.07) is 0.0925. The lowest BCUT2D eigenvalue weighted by Crippen LogP contribution is -2.50. The SMILES string of the molecule is CCCNC(=O)N1CCN(C)CC1.Cl. The van der Waals surface area contributed by atoms with Crippen LogP contribution in [0.3, 0.4) is 0 Å². The first-order chi connectivity index (χ1) is 6.24. The zero-order chi connectivity index (χ0) is 9.68. The summed E-state index contributed by atoms with van der Waals surface area (Å²) in [7, 11) is 2.08. The fourth-order valence-corrected chi connectivity index (χ4v) is 1.35. The number of nitrogens with zero attached hydrogens (tertiary/aromatic N) is 2. The Hall–Kier alpha value is -0.480. The lowest BCUT2D eigenvalue weighted by atomic mass is 10.3. The molecule has 14 heavy (non-hydrogen) atoms. The van der Waals surface area contributed by atoms with Crippen molar-refractivity contribution in [2.24, 2.45) is 0 Å². The van der Waals surface area contributed by atoms with Crippen LogP contribution in [0.2, 0.25) is 0 Å². The number of nitrogens with one attached hydrogen (secondary N) is 1. The van der Waals surface area contributed by atoms with E-state index in [2.05, 4.69) is 24.2 Å². The molecule has 0 radical (unpaired) electrons. The summed E-state index contributed by atoms with van der Waals surface area (Å²) in [4.78, 5) is 15.6. The van der Waals surface area contributed by atoms with E-state index in [1.807, 2.05) is 4.90 Å². The topological polar surface area (TPSA) is 35.6 Å². The van der Waals surface area contributed by atoms with Crippen LogP contribution in [-0.4, -0.2) is 55.6 Å². The van der Waals surface area contributed by atoms with Gasteiger partial charge in [-0.15, -0.1) is 12.4 Å². The normalized spacial score (nSPS) is 17.4. The number of carbonyl (C=O) groups excluding carboxylic acids is 1. The largest absolute Gasteiger partial charge is 0.338 e. The van der Waals surface area contributed by atoms with Crippen LogP contribution in [0.4, 0.5) is 4.79 Å². The van der Waals surface area contributed by atoms with E-state index >= 15 is 0 Å². The molecule has 0 saturated carbocycles. The van der Waals surface area contributed by atoms with Gasteiger partial charge >= 0.3 is 6.03 Å². The van der Waals surface area contributed by atoms with Crippen LogP contribution in [0.15, 0.2) is 0 Å². The molecule has 0 unspecified atom stereocenters. The summed E-state index contributed by atoms with van der Waals surface area (Å²) in [5, 5.41) is 2.89. The molecule has 1 heterocycles. The zero-order valence-electron chi connectivity index (χ0n) is 8.95. The fraction of sp³-hybridized carbons (Fsp3) is 0.889. The molecule has 1 fully saturated rings. The van der Waals surface area contributed by atoms with Gasteiger partial charge < -0.3 is 15.1 Å². The molecule has 0 aromatic heterocycles. The number of carbonyl (C=O) groups is 1. The third-order valence-electron chi connectivity index (χ3n) is 2.32. The average Bonchev–Trinajstić information content (AvgIpc) is 2.15. The smallest absolute Gasteiger partial charge is 0.317 e. The maximum atomic E-state index is 11.5. The van der Waals surface area contributed by atoms with Gasteiger partial charge in [0.2, 0.25) is 0 Å². The lowest BCUT2D eigenvalue weighted by Gasteiger charge is -2.32. The molecule has 0 aromatic rings. The number of urea groups is 1. The fourth-order valence-electron chi connectivity index (χ4n) is 1.35. The van der Waals surface area contributed by atoms with Crippen molar-refractivity contribution in [1.29, 1.82) is 0 Å². The highest BCUT2D eigenvalue weighted by atomic mass is 35.5. The molecule has 1 saturated heterocycles. The van der Waals surface area contributed by atoms with E-state index in [9.17, 15) is 4.79 Å². The van der Waals surface area contributed by atoms with Crippen molar-refractivity contribution < 1.29 is 4.79 Å². The zero-order valence-corrected chi connectivity index (χ0v) is 9.77. The van der Waals surface area contributed by atoms with E-state index in [1.165, 1.54) is 0 Å². The van der Waals surface area contributed by atoms with Crippen LogP contribution in [0.1, 0.15) is 13.3 Å². The highest BCUT2D eigenvalue weighted by Crippen LogP contribution is 1.98. The van der Waals surface area contributed by atoms with E-state index in [4.69, 9.17) is 0 Å². The van der Waals surface area contributed by atoms with Crippen molar-refractivity contribution in [1.82, 2.24) is 15.1 Å². The second-order valence-corrected chi connectivity index (χ2v) is 3.52. The Kier molecular flexibility index (Phi) is 6.66. The Morgan fingerprint density at radius 3 is 2.36 bits per heavy atom. The lowest BCUT2D eigenvalue weighted by molar-refractivity contribution is 0.154. The van der Waals surface area contributed by atoms with E-state index in [0.29, 0.717) is 0 Å². The number of hydrogen-bond acceptors (Lipinski definition) is 2. The number of rotatable bonds is 2. The van der Waals surface area contributed by atoms with Crippen LogP contribution in [0, 0.1) is 0 Å². The summed E-state index contributed by atoms with van der Waals surface area (Å²) in [5.74, 6) is 0. The van der Waals surface area contributed by atoms with Gasteiger partial charge in [-0.25, -0.2) is 4.79 Å². The number of piperazine rings is 1. The maximum absolute atomic E-state index is 11.5. The molecule has 1 rings (SSSR count). The first-order valence-corrected chi connectivity index (χ1v) is 4.95. The summed E-state index contributed by atoms with van der Waals surface area (Å²) in [5.41, 5.74) is 0. The predicted octanol–water partition coefficient (Wildman–Crippen LogP) is 0.775. The second kappa shape index (κ2) is 6.90. The second-order valence-electron chi connectivity index (χ2n) is 3.52. The van der Waals surface area contributed by atoms with Gasteiger partial charge in [0.25, 0.3) is 0 Å². The predicted molar refractivity (Wildman–Crippen MR) is 60.0 cm³/mol. The van der Waals surface area contributed by atoms with Gasteiger partial charge in [-0.3, -0.25) is 0 Å². The molecule has 2 amide bonds. The number of likely N-dealkylation sites (N-methyl/N-ethyl adjacent to an activating group) is 1. The summed E-state index contributed by atoms with van der Waals surface area (Å²) >= 11 is 0. The van der Waals surface area contributed by atoms with Crippen LogP contribution in [0.5, 0.6) is 0 Å². The van der Waals surface area contributed by atoms with Crippen molar-refractivity contribution in [3.05, 3.63) is 0 Å². The Balaban J connectivity index is 0.00000169. The molecule has 1 N–H and O–H groups in total. The Bertz CT molecular complexity index is 169. The molecular formula is C9H20ClN3O. The van der Waals surface area contributed by atoms with Crippen molar-refractivity contribution in [2.45, 2.75) is 13.3 Å². The molecule has 0 aromatic carbocycles. The molecule has 5 heteroatoms. The quantitative estimate of drug-likeness (QED) is 0.748. The van der Waals surface area contributed by atoms with E-state index in [0.717, 1.165) is 39.1 Å². The molecule has 0 aliphatic carbocycles. The van der Waals surface area contributed by atoms with E-state index < -0.39 is 0 Å². The minimum absolute atomic E-state index is 0. The summed E-state index contributed by atoms with van der Waals surface area (Å²) in [6.45, 7) is 6.52. The van der Waals surface area contributed by atoms with Crippen LogP contribution >= 0.6 is 12.4 Å². The number of hydrogen-bond donors (Lipinski definition) is 1. The van der Waals surface area contributed by atoms with Crippen LogP contribution < -0.4 is 5.32 Å². The first kappa shape index (κ1) is 13.5. The Labute approximate surface area is 92.0 Å². The van der Waals surface area contributed by atoms with Crippen molar-refractivity contribution in [2.75, 3.05) is 39.8 Å². The molecular weight excluding hydrogens is 202 g/mol. The summed E-state index contributed by atoms with van der Waals surface area (Å²) < 4.78 is 0. The van der Waals surface area contributed by atoms with Crippen molar-refractivity contribution in [3.8, 4) is 0 Å². The van der Waals surface area contributed by atoms with Gasteiger partial charge in [0.1, 0.15) is 0 Å².